The molecule has 0 aliphatic carbocycles. The Morgan fingerprint density at radius 1 is 1.35 bits per heavy atom. The highest BCUT2D eigenvalue weighted by molar-refractivity contribution is 5.65. The molecule has 0 bridgehead atoms. The third kappa shape index (κ3) is 2.31. The van der Waals surface area contributed by atoms with Crippen molar-refractivity contribution < 1.29 is 27.7 Å². The number of rotatable bonds is 2. The molecule has 2 rings (SSSR count). The van der Waals surface area contributed by atoms with Crippen LogP contribution in [0.15, 0.2) is 18.2 Å². The van der Waals surface area contributed by atoms with Crippen LogP contribution in [0.5, 0.6) is 0 Å². The quantitative estimate of drug-likeness (QED) is 0.475. The van der Waals surface area contributed by atoms with Crippen LogP contribution in [0.1, 0.15) is 30.5 Å². The van der Waals surface area contributed by atoms with Crippen LogP contribution >= 0.6 is 0 Å². The van der Waals surface area contributed by atoms with E-state index in [4.69, 9.17) is 0 Å². The molecule has 0 radical (unpaired) electrons. The number of nitro benzene ring substituents is 1. The van der Waals surface area contributed by atoms with Crippen molar-refractivity contribution in [3.8, 4) is 0 Å². The van der Waals surface area contributed by atoms with Crippen LogP contribution in [-0.2, 0) is 9.63 Å². The zero-order valence-electron chi connectivity index (χ0n) is 10.1. The zero-order chi connectivity index (χ0) is 15.0. The summed E-state index contributed by atoms with van der Waals surface area (Å²) in [6.45, 7) is 0.898. The fourth-order valence-electron chi connectivity index (χ4n) is 1.92. The van der Waals surface area contributed by atoms with Crippen LogP contribution in [0.4, 0.5) is 18.9 Å². The van der Waals surface area contributed by atoms with Crippen LogP contribution < -0.4 is 0 Å². The Labute approximate surface area is 110 Å². The molecule has 1 aromatic rings. The van der Waals surface area contributed by atoms with Gasteiger partial charge in [-0.3, -0.25) is 14.9 Å². The fourth-order valence-corrected chi connectivity index (χ4v) is 1.92. The lowest BCUT2D eigenvalue weighted by molar-refractivity contribution is -0.385. The molecule has 0 saturated heterocycles. The summed E-state index contributed by atoms with van der Waals surface area (Å²) in [5.74, 6) is -1.03. The Balaban J connectivity index is 2.47. The van der Waals surface area contributed by atoms with Crippen molar-refractivity contribution in [2.75, 3.05) is 0 Å². The minimum Gasteiger partial charge on any atom is -0.362 e. The summed E-state index contributed by atoms with van der Waals surface area (Å²) < 4.78 is 41.6. The van der Waals surface area contributed by atoms with Gasteiger partial charge in [0.1, 0.15) is 0 Å². The standard InChI is InChI=1S/C11H9F3N2O4/c1-5(17)20-15-10(13)8-4-6(16(18)19)2-3-7(8)9(12)11(15)14/h2-4,9-11H,1H3. The van der Waals surface area contributed by atoms with Gasteiger partial charge in [-0.25, -0.2) is 13.2 Å². The first-order valence-electron chi connectivity index (χ1n) is 5.50. The van der Waals surface area contributed by atoms with Gasteiger partial charge in [-0.2, -0.15) is 0 Å². The van der Waals surface area contributed by atoms with Crippen LogP contribution in [0, 0.1) is 10.1 Å². The molecular formula is C11H9F3N2O4. The summed E-state index contributed by atoms with van der Waals surface area (Å²) >= 11 is 0. The Bertz CT molecular complexity index is 569. The summed E-state index contributed by atoms with van der Waals surface area (Å²) in [5.41, 5.74) is -1.26. The average Bonchev–Trinajstić information content (AvgIpc) is 2.40. The predicted octanol–water partition coefficient (Wildman–Crippen LogP) is 2.66. The molecule has 9 heteroatoms. The van der Waals surface area contributed by atoms with Gasteiger partial charge in [0.15, 0.2) is 6.17 Å². The molecular weight excluding hydrogens is 281 g/mol. The average molecular weight is 290 g/mol. The summed E-state index contributed by atoms with van der Waals surface area (Å²) in [6, 6.07) is 2.68. The van der Waals surface area contributed by atoms with Gasteiger partial charge >= 0.3 is 5.97 Å². The maximum atomic E-state index is 14.1. The highest BCUT2D eigenvalue weighted by Gasteiger charge is 2.45. The Morgan fingerprint density at radius 2 is 2.00 bits per heavy atom. The largest absolute Gasteiger partial charge is 0.362 e. The van der Waals surface area contributed by atoms with Gasteiger partial charge in [-0.15, -0.1) is 0 Å². The number of hydrogen-bond acceptors (Lipinski definition) is 5. The molecule has 1 aromatic carbocycles. The molecule has 0 amide bonds. The fraction of sp³-hybridized carbons (Fsp3) is 0.364. The summed E-state index contributed by atoms with van der Waals surface area (Å²) in [4.78, 5) is 24.9. The lowest BCUT2D eigenvalue weighted by Gasteiger charge is -2.34. The highest BCUT2D eigenvalue weighted by Crippen LogP contribution is 2.43. The second kappa shape index (κ2) is 5.08. The number of non-ortho nitro benzene ring substituents is 1. The van der Waals surface area contributed by atoms with E-state index >= 15 is 0 Å². The van der Waals surface area contributed by atoms with Crippen LogP contribution in [0.2, 0.25) is 0 Å². The second-order valence-corrected chi connectivity index (χ2v) is 4.12. The van der Waals surface area contributed by atoms with E-state index in [9.17, 15) is 28.1 Å². The van der Waals surface area contributed by atoms with E-state index in [1.807, 2.05) is 0 Å². The minimum absolute atomic E-state index is 0.0843. The van der Waals surface area contributed by atoms with Gasteiger partial charge in [0, 0.05) is 24.6 Å². The molecule has 108 valence electrons. The third-order valence-corrected chi connectivity index (χ3v) is 2.78. The van der Waals surface area contributed by atoms with Crippen LogP contribution in [0.25, 0.3) is 0 Å². The molecule has 20 heavy (non-hydrogen) atoms. The highest BCUT2D eigenvalue weighted by atomic mass is 19.2. The SMILES string of the molecule is CC(=O)ON1C(F)c2cc([N+](=O)[O-])ccc2C(F)C1F. The molecule has 0 spiro atoms. The number of hydrogen-bond donors (Lipinski definition) is 0. The van der Waals surface area contributed by atoms with Gasteiger partial charge in [0.25, 0.3) is 5.69 Å². The number of carbonyl (C=O) groups excluding carboxylic acids is 1. The number of halogens is 3. The van der Waals surface area contributed by atoms with Gasteiger partial charge in [0.2, 0.25) is 12.6 Å². The number of nitrogens with zero attached hydrogens (tertiary/aromatic N) is 2. The van der Waals surface area contributed by atoms with E-state index in [0.29, 0.717) is 0 Å². The first-order valence-corrected chi connectivity index (χ1v) is 5.50. The number of fused-ring (bicyclic) bond motifs is 1. The van der Waals surface area contributed by atoms with E-state index in [-0.39, 0.29) is 10.6 Å². The minimum atomic E-state index is -2.53. The number of carbonyl (C=O) groups is 1. The lowest BCUT2D eigenvalue weighted by atomic mass is 9.97. The first-order chi connectivity index (χ1) is 9.32. The van der Waals surface area contributed by atoms with Crippen LogP contribution in [-0.4, -0.2) is 22.3 Å². The Morgan fingerprint density at radius 3 is 2.55 bits per heavy atom. The normalized spacial score (nSPS) is 25.9. The molecule has 1 aliphatic heterocycles. The van der Waals surface area contributed by atoms with Crippen molar-refractivity contribution in [2.45, 2.75) is 25.7 Å². The number of hydroxylamine groups is 2. The number of benzene rings is 1. The summed E-state index contributed by atoms with van der Waals surface area (Å²) in [5, 5.41) is 10.5. The molecule has 1 aliphatic rings. The molecule has 3 atom stereocenters. The van der Waals surface area contributed by atoms with E-state index in [1.165, 1.54) is 0 Å². The number of nitro groups is 1. The summed E-state index contributed by atoms with van der Waals surface area (Å²) in [7, 11) is 0. The third-order valence-electron chi connectivity index (χ3n) is 2.78. The number of alkyl halides is 3. The maximum absolute atomic E-state index is 14.1. The topological polar surface area (TPSA) is 72.7 Å². The molecule has 1 heterocycles. The predicted molar refractivity (Wildman–Crippen MR) is 59.3 cm³/mol. The van der Waals surface area contributed by atoms with E-state index in [1.54, 1.807) is 0 Å². The van der Waals surface area contributed by atoms with Crippen molar-refractivity contribution >= 4 is 11.7 Å². The van der Waals surface area contributed by atoms with Crippen molar-refractivity contribution in [3.05, 3.63) is 39.4 Å². The molecule has 0 fully saturated rings. The smallest absolute Gasteiger partial charge is 0.322 e. The van der Waals surface area contributed by atoms with Gasteiger partial charge in [-0.05, 0) is 11.6 Å². The second-order valence-electron chi connectivity index (χ2n) is 4.12. The van der Waals surface area contributed by atoms with E-state index in [2.05, 4.69) is 4.84 Å². The van der Waals surface area contributed by atoms with Crippen molar-refractivity contribution in [3.63, 3.8) is 0 Å². The monoisotopic (exact) mass is 290 g/mol. The van der Waals surface area contributed by atoms with Crippen molar-refractivity contribution in [1.82, 2.24) is 5.06 Å². The maximum Gasteiger partial charge on any atom is 0.322 e. The summed E-state index contributed by atoms with van der Waals surface area (Å²) in [6.07, 6.45) is -7.13. The van der Waals surface area contributed by atoms with Gasteiger partial charge in [0.05, 0.1) is 4.92 Å². The Hall–Kier alpha value is -2.16. The van der Waals surface area contributed by atoms with Crippen LogP contribution in [0.3, 0.4) is 0 Å². The molecule has 0 saturated carbocycles. The van der Waals surface area contributed by atoms with Gasteiger partial charge < -0.3 is 4.84 Å². The van der Waals surface area contributed by atoms with Gasteiger partial charge in [-0.1, -0.05) is 5.06 Å². The van der Waals surface area contributed by atoms with E-state index in [0.717, 1.165) is 25.1 Å². The van der Waals surface area contributed by atoms with E-state index < -0.39 is 40.9 Å². The molecule has 3 unspecified atom stereocenters. The lowest BCUT2D eigenvalue weighted by Crippen LogP contribution is -2.42. The molecule has 0 N–H and O–H groups in total. The molecule has 6 nitrogen and oxygen atoms in total. The zero-order valence-corrected chi connectivity index (χ0v) is 10.1. The first kappa shape index (κ1) is 14.3. The Kier molecular flexibility index (Phi) is 3.62. The van der Waals surface area contributed by atoms with Crippen molar-refractivity contribution in [2.24, 2.45) is 0 Å². The molecule has 0 aromatic heterocycles. The van der Waals surface area contributed by atoms with Crippen molar-refractivity contribution in [1.29, 1.82) is 0 Å².